The lowest BCUT2D eigenvalue weighted by atomic mass is 10.1. The molecule has 1 amide bonds. The molecule has 6 heteroatoms. The van der Waals surface area contributed by atoms with Gasteiger partial charge in [-0.05, 0) is 13.8 Å². The lowest BCUT2D eigenvalue weighted by Crippen LogP contribution is -2.57. The van der Waals surface area contributed by atoms with Gasteiger partial charge in [0.1, 0.15) is 0 Å². The largest absolute Gasteiger partial charge is 0.357 e. The number of aromatic nitrogens is 2. The average molecular weight is 289 g/mol. The maximum Gasteiger partial charge on any atom is 0.257 e. The summed E-state index contributed by atoms with van der Waals surface area (Å²) in [6.07, 6.45) is 5.06. The molecule has 6 nitrogen and oxygen atoms in total. The van der Waals surface area contributed by atoms with Crippen LogP contribution in [-0.2, 0) is 0 Å². The molecule has 0 radical (unpaired) electrons. The second-order valence-electron chi connectivity index (χ2n) is 5.44. The van der Waals surface area contributed by atoms with Crippen molar-refractivity contribution in [1.29, 1.82) is 0 Å². The van der Waals surface area contributed by atoms with E-state index in [0.29, 0.717) is 24.1 Å². The van der Waals surface area contributed by atoms with Crippen molar-refractivity contribution in [2.24, 2.45) is 0 Å². The summed E-state index contributed by atoms with van der Waals surface area (Å²) in [7, 11) is 1.75. The molecule has 21 heavy (non-hydrogen) atoms. The first-order valence-electron chi connectivity index (χ1n) is 7.22. The fourth-order valence-corrected chi connectivity index (χ4v) is 2.63. The number of nitrogens with one attached hydrogen (secondary N) is 1. The smallest absolute Gasteiger partial charge is 0.257 e. The fourth-order valence-electron chi connectivity index (χ4n) is 2.63. The minimum absolute atomic E-state index is 0.00439. The van der Waals surface area contributed by atoms with Crippen LogP contribution in [-0.4, -0.2) is 64.4 Å². The van der Waals surface area contributed by atoms with Gasteiger partial charge in [0.2, 0.25) is 5.95 Å². The molecule has 1 fully saturated rings. The molecule has 2 atom stereocenters. The molecule has 1 aromatic rings. The van der Waals surface area contributed by atoms with Gasteiger partial charge in [0.15, 0.2) is 0 Å². The van der Waals surface area contributed by atoms with Crippen LogP contribution in [0.15, 0.2) is 25.0 Å². The molecule has 1 aromatic heterocycles. The number of nitrogens with zero attached hydrogens (tertiary/aromatic N) is 4. The van der Waals surface area contributed by atoms with Crippen LogP contribution in [0, 0.1) is 0 Å². The first kappa shape index (κ1) is 15.4. The zero-order valence-electron chi connectivity index (χ0n) is 12.9. The van der Waals surface area contributed by atoms with E-state index in [9.17, 15) is 4.79 Å². The van der Waals surface area contributed by atoms with Gasteiger partial charge in [0, 0.05) is 51.2 Å². The summed E-state index contributed by atoms with van der Waals surface area (Å²) < 4.78 is 0. The van der Waals surface area contributed by atoms with Crippen molar-refractivity contribution in [1.82, 2.24) is 19.8 Å². The van der Waals surface area contributed by atoms with Crippen molar-refractivity contribution in [2.45, 2.75) is 25.9 Å². The van der Waals surface area contributed by atoms with E-state index in [1.807, 2.05) is 11.0 Å². The van der Waals surface area contributed by atoms with Gasteiger partial charge in [-0.1, -0.05) is 6.08 Å². The van der Waals surface area contributed by atoms with E-state index in [-0.39, 0.29) is 11.9 Å². The Morgan fingerprint density at radius 1 is 1.38 bits per heavy atom. The molecule has 0 spiro atoms. The number of piperazine rings is 1. The molecule has 1 saturated heterocycles. The summed E-state index contributed by atoms with van der Waals surface area (Å²) >= 11 is 0. The van der Waals surface area contributed by atoms with Crippen molar-refractivity contribution >= 4 is 11.9 Å². The molecular weight excluding hydrogens is 266 g/mol. The van der Waals surface area contributed by atoms with E-state index in [0.717, 1.165) is 13.1 Å². The van der Waals surface area contributed by atoms with Crippen LogP contribution < -0.4 is 5.32 Å². The molecule has 0 saturated carbocycles. The second kappa shape index (κ2) is 6.67. The topological polar surface area (TPSA) is 61.4 Å². The predicted octanol–water partition coefficient (Wildman–Crippen LogP) is 1.24. The molecular formula is C15H23N5O. The van der Waals surface area contributed by atoms with Crippen molar-refractivity contribution in [3.63, 3.8) is 0 Å². The van der Waals surface area contributed by atoms with Gasteiger partial charge >= 0.3 is 0 Å². The quantitative estimate of drug-likeness (QED) is 0.845. The predicted molar refractivity (Wildman–Crippen MR) is 83.3 cm³/mol. The van der Waals surface area contributed by atoms with E-state index in [2.05, 4.69) is 40.6 Å². The second-order valence-corrected chi connectivity index (χ2v) is 5.44. The molecule has 1 N–H and O–H groups in total. The van der Waals surface area contributed by atoms with Crippen LogP contribution in [0.4, 0.5) is 5.95 Å². The first-order chi connectivity index (χ1) is 10.1. The first-order valence-corrected chi connectivity index (χ1v) is 7.22. The normalized spacial score (nSPS) is 22.9. The number of hydrogen-bond donors (Lipinski definition) is 1. The summed E-state index contributed by atoms with van der Waals surface area (Å²) in [5, 5.41) is 2.85. The Morgan fingerprint density at radius 2 is 2.05 bits per heavy atom. The van der Waals surface area contributed by atoms with Crippen LogP contribution in [0.2, 0.25) is 0 Å². The van der Waals surface area contributed by atoms with E-state index >= 15 is 0 Å². The third-order valence-corrected chi connectivity index (χ3v) is 3.86. The summed E-state index contributed by atoms with van der Waals surface area (Å²) in [4.78, 5) is 25.1. The molecule has 1 aliphatic rings. The highest BCUT2D eigenvalue weighted by Crippen LogP contribution is 2.17. The van der Waals surface area contributed by atoms with E-state index in [1.54, 1.807) is 19.4 Å². The Kier molecular flexibility index (Phi) is 4.90. The number of amides is 1. The number of carbonyl (C=O) groups is 1. The summed E-state index contributed by atoms with van der Waals surface area (Å²) in [6, 6.07) is 0.485. The summed E-state index contributed by atoms with van der Waals surface area (Å²) in [6.45, 7) is 10.4. The van der Waals surface area contributed by atoms with Gasteiger partial charge in [-0.3, -0.25) is 9.69 Å². The molecule has 114 valence electrons. The maximum absolute atomic E-state index is 12.6. The van der Waals surface area contributed by atoms with Crippen LogP contribution in [0.5, 0.6) is 0 Å². The number of carbonyl (C=O) groups excluding carboxylic acids is 1. The minimum Gasteiger partial charge on any atom is -0.357 e. The third kappa shape index (κ3) is 3.39. The van der Waals surface area contributed by atoms with Gasteiger partial charge in [-0.2, -0.15) is 0 Å². The Labute approximate surface area is 125 Å². The van der Waals surface area contributed by atoms with Crippen molar-refractivity contribution < 1.29 is 4.79 Å². The SMILES string of the molecule is C=CCN1C[C@@H](C)N(C(=O)c2cnc(NC)nc2)C[C@H]1C. The zero-order chi connectivity index (χ0) is 15.4. The molecule has 0 aromatic carbocycles. The molecule has 0 aliphatic carbocycles. The standard InChI is InChI=1S/C15H23N5O/c1-5-6-19-9-12(3)20(10-11(19)2)14(21)13-7-17-15(16-4)18-8-13/h5,7-8,11-12H,1,6,9-10H2,2-4H3,(H,16,17,18)/t11-,12-/m1/s1. The van der Waals surface area contributed by atoms with E-state index in [1.165, 1.54) is 0 Å². The lowest BCUT2D eigenvalue weighted by molar-refractivity contribution is 0.0354. The summed E-state index contributed by atoms with van der Waals surface area (Å²) in [5.74, 6) is 0.513. The number of hydrogen-bond acceptors (Lipinski definition) is 5. The van der Waals surface area contributed by atoms with Crippen LogP contribution >= 0.6 is 0 Å². The summed E-state index contributed by atoms with van der Waals surface area (Å²) in [5.41, 5.74) is 0.533. The monoisotopic (exact) mass is 289 g/mol. The average Bonchev–Trinajstić information content (AvgIpc) is 2.50. The molecule has 0 unspecified atom stereocenters. The Bertz CT molecular complexity index is 501. The Hall–Kier alpha value is -1.95. The van der Waals surface area contributed by atoms with Gasteiger partial charge in [0.25, 0.3) is 5.91 Å². The van der Waals surface area contributed by atoms with Crippen LogP contribution in [0.1, 0.15) is 24.2 Å². The zero-order valence-corrected chi connectivity index (χ0v) is 12.9. The van der Waals surface area contributed by atoms with Gasteiger partial charge in [-0.25, -0.2) is 9.97 Å². The highest BCUT2D eigenvalue weighted by atomic mass is 16.2. The molecule has 2 rings (SSSR count). The van der Waals surface area contributed by atoms with Crippen LogP contribution in [0.3, 0.4) is 0 Å². The van der Waals surface area contributed by atoms with Crippen molar-refractivity contribution in [3.05, 3.63) is 30.6 Å². The minimum atomic E-state index is -0.00439. The van der Waals surface area contributed by atoms with Gasteiger partial charge in [-0.15, -0.1) is 6.58 Å². The van der Waals surface area contributed by atoms with Crippen LogP contribution in [0.25, 0.3) is 0 Å². The molecule has 0 bridgehead atoms. The lowest BCUT2D eigenvalue weighted by Gasteiger charge is -2.43. The van der Waals surface area contributed by atoms with Crippen molar-refractivity contribution in [2.75, 3.05) is 32.0 Å². The Balaban J connectivity index is 2.09. The Morgan fingerprint density at radius 3 is 2.62 bits per heavy atom. The maximum atomic E-state index is 12.6. The van der Waals surface area contributed by atoms with Gasteiger partial charge in [0.05, 0.1) is 5.56 Å². The highest BCUT2D eigenvalue weighted by molar-refractivity contribution is 5.94. The third-order valence-electron chi connectivity index (χ3n) is 3.86. The highest BCUT2D eigenvalue weighted by Gasteiger charge is 2.31. The van der Waals surface area contributed by atoms with E-state index < -0.39 is 0 Å². The van der Waals surface area contributed by atoms with Crippen molar-refractivity contribution in [3.8, 4) is 0 Å². The van der Waals surface area contributed by atoms with Gasteiger partial charge < -0.3 is 10.2 Å². The number of rotatable bonds is 4. The fraction of sp³-hybridized carbons (Fsp3) is 0.533. The molecule has 2 heterocycles. The number of anilines is 1. The van der Waals surface area contributed by atoms with E-state index in [4.69, 9.17) is 0 Å². The molecule has 1 aliphatic heterocycles.